The first-order valence-corrected chi connectivity index (χ1v) is 8.64. The number of hydrogen-bond acceptors (Lipinski definition) is 2. The molecule has 5 heteroatoms. The zero-order chi connectivity index (χ0) is 17.4. The van der Waals surface area contributed by atoms with Crippen LogP contribution in [0.25, 0.3) is 0 Å². The normalized spacial score (nSPS) is 16.0. The van der Waals surface area contributed by atoms with Crippen LogP contribution in [-0.4, -0.2) is 25.0 Å². The SMILES string of the molecule is CCC(C)C(=O)Nc1cccc(CNC(=NC)NC2CC=CC2)c1. The largest absolute Gasteiger partial charge is 0.353 e. The van der Waals surface area contributed by atoms with Gasteiger partial charge in [0.15, 0.2) is 5.96 Å². The van der Waals surface area contributed by atoms with Gasteiger partial charge in [-0.25, -0.2) is 0 Å². The Morgan fingerprint density at radius 3 is 2.75 bits per heavy atom. The third-order valence-corrected chi connectivity index (χ3v) is 4.29. The van der Waals surface area contributed by atoms with E-state index < -0.39 is 0 Å². The molecule has 0 radical (unpaired) electrons. The average Bonchev–Trinajstić information content (AvgIpc) is 3.11. The first-order valence-electron chi connectivity index (χ1n) is 8.64. The predicted molar refractivity (Wildman–Crippen MR) is 100 cm³/mol. The van der Waals surface area contributed by atoms with E-state index in [0.717, 1.165) is 36.5 Å². The summed E-state index contributed by atoms with van der Waals surface area (Å²) in [6, 6.07) is 8.34. The summed E-state index contributed by atoms with van der Waals surface area (Å²) in [5.41, 5.74) is 1.94. The molecule has 24 heavy (non-hydrogen) atoms. The van der Waals surface area contributed by atoms with Gasteiger partial charge in [0.1, 0.15) is 0 Å². The summed E-state index contributed by atoms with van der Waals surface area (Å²) in [7, 11) is 1.78. The average molecular weight is 328 g/mol. The molecule has 3 N–H and O–H groups in total. The Kier molecular flexibility index (Phi) is 6.85. The molecule has 5 nitrogen and oxygen atoms in total. The zero-order valence-electron chi connectivity index (χ0n) is 14.8. The predicted octanol–water partition coefficient (Wildman–Crippen LogP) is 3.05. The highest BCUT2D eigenvalue weighted by atomic mass is 16.1. The Morgan fingerprint density at radius 1 is 1.33 bits per heavy atom. The molecule has 0 spiro atoms. The van der Waals surface area contributed by atoms with E-state index in [4.69, 9.17) is 0 Å². The van der Waals surface area contributed by atoms with Crippen LogP contribution in [0.15, 0.2) is 41.4 Å². The molecule has 0 fully saturated rings. The smallest absolute Gasteiger partial charge is 0.227 e. The number of hydrogen-bond donors (Lipinski definition) is 3. The number of carbonyl (C=O) groups excluding carboxylic acids is 1. The Labute approximate surface area is 144 Å². The van der Waals surface area contributed by atoms with Gasteiger partial charge in [-0.1, -0.05) is 38.1 Å². The lowest BCUT2D eigenvalue weighted by Crippen LogP contribution is -2.42. The molecule has 0 saturated carbocycles. The lowest BCUT2D eigenvalue weighted by molar-refractivity contribution is -0.119. The van der Waals surface area contributed by atoms with Crippen molar-refractivity contribution in [1.82, 2.24) is 10.6 Å². The van der Waals surface area contributed by atoms with E-state index in [1.807, 2.05) is 38.1 Å². The van der Waals surface area contributed by atoms with Gasteiger partial charge >= 0.3 is 0 Å². The maximum atomic E-state index is 12.0. The van der Waals surface area contributed by atoms with Crippen LogP contribution in [-0.2, 0) is 11.3 Å². The van der Waals surface area contributed by atoms with Crippen molar-refractivity contribution < 1.29 is 4.79 Å². The van der Waals surface area contributed by atoms with E-state index >= 15 is 0 Å². The number of nitrogens with zero attached hydrogens (tertiary/aromatic N) is 1. The van der Waals surface area contributed by atoms with Crippen molar-refractivity contribution in [2.45, 2.75) is 45.7 Å². The van der Waals surface area contributed by atoms with Gasteiger partial charge in [-0.3, -0.25) is 9.79 Å². The molecule has 1 amide bonds. The van der Waals surface area contributed by atoms with Crippen LogP contribution < -0.4 is 16.0 Å². The van der Waals surface area contributed by atoms with Crippen molar-refractivity contribution in [2.24, 2.45) is 10.9 Å². The molecule has 0 aliphatic heterocycles. The minimum atomic E-state index is 0.0230. The molecule has 0 saturated heterocycles. The van der Waals surface area contributed by atoms with E-state index in [0.29, 0.717) is 12.6 Å². The van der Waals surface area contributed by atoms with Gasteiger partial charge < -0.3 is 16.0 Å². The van der Waals surface area contributed by atoms with Crippen molar-refractivity contribution >= 4 is 17.6 Å². The summed E-state index contributed by atoms with van der Waals surface area (Å²) in [4.78, 5) is 16.3. The van der Waals surface area contributed by atoms with Crippen LogP contribution in [0.4, 0.5) is 5.69 Å². The second-order valence-corrected chi connectivity index (χ2v) is 6.21. The minimum absolute atomic E-state index is 0.0230. The molecular formula is C19H28N4O. The van der Waals surface area contributed by atoms with Gasteiger partial charge in [0, 0.05) is 31.2 Å². The van der Waals surface area contributed by atoms with Crippen molar-refractivity contribution in [2.75, 3.05) is 12.4 Å². The van der Waals surface area contributed by atoms with E-state index in [-0.39, 0.29) is 11.8 Å². The molecule has 1 unspecified atom stereocenters. The number of rotatable bonds is 6. The number of carbonyl (C=O) groups is 1. The standard InChI is InChI=1S/C19H28N4O/c1-4-14(2)18(24)22-17-11-7-8-15(12-17)13-21-19(20-3)23-16-9-5-6-10-16/h5-8,11-12,14,16H,4,9-10,13H2,1-3H3,(H,22,24)(H2,20,21,23). The summed E-state index contributed by atoms with van der Waals surface area (Å²) in [6.07, 6.45) is 7.30. The number of amides is 1. The summed E-state index contributed by atoms with van der Waals surface area (Å²) in [6.45, 7) is 4.62. The van der Waals surface area contributed by atoms with Gasteiger partial charge in [-0.15, -0.1) is 0 Å². The van der Waals surface area contributed by atoms with Gasteiger partial charge in [-0.2, -0.15) is 0 Å². The van der Waals surface area contributed by atoms with Gasteiger partial charge in [0.25, 0.3) is 0 Å². The van der Waals surface area contributed by atoms with E-state index in [1.54, 1.807) is 7.05 Å². The monoisotopic (exact) mass is 328 g/mol. The molecule has 0 bridgehead atoms. The van der Waals surface area contributed by atoms with Crippen LogP contribution in [0, 0.1) is 5.92 Å². The summed E-state index contributed by atoms with van der Waals surface area (Å²) >= 11 is 0. The number of guanidine groups is 1. The first-order chi connectivity index (χ1) is 11.6. The van der Waals surface area contributed by atoms with E-state index in [1.165, 1.54) is 0 Å². The maximum Gasteiger partial charge on any atom is 0.227 e. The van der Waals surface area contributed by atoms with Crippen molar-refractivity contribution in [1.29, 1.82) is 0 Å². The first kappa shape index (κ1) is 18.0. The molecule has 1 aromatic carbocycles. The highest BCUT2D eigenvalue weighted by molar-refractivity contribution is 5.92. The Hall–Kier alpha value is -2.30. The molecule has 2 rings (SSSR count). The highest BCUT2D eigenvalue weighted by Gasteiger charge is 2.12. The zero-order valence-corrected chi connectivity index (χ0v) is 14.8. The van der Waals surface area contributed by atoms with Crippen LogP contribution in [0.5, 0.6) is 0 Å². The number of anilines is 1. The molecule has 0 heterocycles. The summed E-state index contributed by atoms with van der Waals surface area (Å²) in [5.74, 6) is 0.890. The Morgan fingerprint density at radius 2 is 2.08 bits per heavy atom. The molecule has 0 aromatic heterocycles. The summed E-state index contributed by atoms with van der Waals surface area (Å²) < 4.78 is 0. The van der Waals surface area contributed by atoms with Crippen LogP contribution in [0.3, 0.4) is 0 Å². The Bertz CT molecular complexity index is 601. The number of aliphatic imine (C=N–C) groups is 1. The third-order valence-electron chi connectivity index (χ3n) is 4.29. The summed E-state index contributed by atoms with van der Waals surface area (Å²) in [5, 5.41) is 9.71. The van der Waals surface area contributed by atoms with Gasteiger partial charge in [0.05, 0.1) is 0 Å². The van der Waals surface area contributed by atoms with Crippen LogP contribution >= 0.6 is 0 Å². The lowest BCUT2D eigenvalue weighted by Gasteiger charge is -2.17. The maximum absolute atomic E-state index is 12.0. The van der Waals surface area contributed by atoms with Crippen molar-refractivity contribution in [3.8, 4) is 0 Å². The van der Waals surface area contributed by atoms with Crippen LogP contribution in [0.1, 0.15) is 38.7 Å². The fourth-order valence-electron chi connectivity index (χ4n) is 2.52. The second kappa shape index (κ2) is 9.11. The number of benzene rings is 1. The minimum Gasteiger partial charge on any atom is -0.353 e. The van der Waals surface area contributed by atoms with Gasteiger partial charge in [0.2, 0.25) is 5.91 Å². The molecule has 1 aromatic rings. The molecular weight excluding hydrogens is 300 g/mol. The van der Waals surface area contributed by atoms with Crippen LogP contribution in [0.2, 0.25) is 0 Å². The quantitative estimate of drug-likeness (QED) is 0.427. The molecule has 130 valence electrons. The highest BCUT2D eigenvalue weighted by Crippen LogP contribution is 2.13. The van der Waals surface area contributed by atoms with Crippen molar-refractivity contribution in [3.05, 3.63) is 42.0 Å². The second-order valence-electron chi connectivity index (χ2n) is 6.21. The molecule has 1 atom stereocenters. The van der Waals surface area contributed by atoms with Gasteiger partial charge in [-0.05, 0) is 37.0 Å². The molecule has 1 aliphatic carbocycles. The van der Waals surface area contributed by atoms with E-state index in [2.05, 4.69) is 33.1 Å². The number of nitrogens with one attached hydrogen (secondary N) is 3. The van der Waals surface area contributed by atoms with E-state index in [9.17, 15) is 4.79 Å². The fraction of sp³-hybridized carbons (Fsp3) is 0.474. The molecule has 1 aliphatic rings. The van der Waals surface area contributed by atoms with Crippen molar-refractivity contribution in [3.63, 3.8) is 0 Å². The third kappa shape index (κ3) is 5.41. The Balaban J connectivity index is 1.87. The topological polar surface area (TPSA) is 65.5 Å². The fourth-order valence-corrected chi connectivity index (χ4v) is 2.52. The lowest BCUT2D eigenvalue weighted by atomic mass is 10.1.